The first-order valence-corrected chi connectivity index (χ1v) is 13.1. The number of aryl methyl sites for hydroxylation is 1. The quantitative estimate of drug-likeness (QED) is 0.249. The van der Waals surface area contributed by atoms with Crippen LogP contribution in [-0.4, -0.2) is 59.4 Å². The van der Waals surface area contributed by atoms with Gasteiger partial charge < -0.3 is 19.6 Å². The second-order valence-electron chi connectivity index (χ2n) is 9.67. The number of carbonyl (C=O) groups is 2. The van der Waals surface area contributed by atoms with Crippen LogP contribution >= 0.6 is 0 Å². The van der Waals surface area contributed by atoms with Crippen molar-refractivity contribution in [3.8, 4) is 5.75 Å². The van der Waals surface area contributed by atoms with E-state index in [1.807, 2.05) is 50.2 Å². The number of carbonyl (C=O) groups excluding carboxylic acids is 2. The minimum Gasteiger partial charge on any atom is -0.507 e. The molecule has 1 atom stereocenters. The van der Waals surface area contributed by atoms with Gasteiger partial charge in [0, 0.05) is 18.7 Å². The van der Waals surface area contributed by atoms with E-state index < -0.39 is 17.7 Å². The van der Waals surface area contributed by atoms with E-state index in [0.29, 0.717) is 31.2 Å². The van der Waals surface area contributed by atoms with E-state index in [1.165, 1.54) is 5.56 Å². The molecular weight excluding hydrogens is 452 g/mol. The number of benzene rings is 2. The zero-order valence-electron chi connectivity index (χ0n) is 22.5. The molecule has 36 heavy (non-hydrogen) atoms. The largest absolute Gasteiger partial charge is 0.507 e. The molecule has 6 heteroatoms. The Morgan fingerprint density at radius 2 is 1.72 bits per heavy atom. The van der Waals surface area contributed by atoms with Crippen molar-refractivity contribution in [3.63, 3.8) is 0 Å². The van der Waals surface area contributed by atoms with Gasteiger partial charge in [0.15, 0.2) is 0 Å². The molecule has 1 aliphatic rings. The second kappa shape index (κ2) is 12.2. The summed E-state index contributed by atoms with van der Waals surface area (Å²) >= 11 is 0. The van der Waals surface area contributed by atoms with E-state index in [2.05, 4.69) is 32.6 Å². The molecule has 6 nitrogen and oxygen atoms in total. The Bertz CT molecular complexity index is 1100. The Labute approximate surface area is 215 Å². The van der Waals surface area contributed by atoms with Crippen LogP contribution in [0.25, 0.3) is 5.76 Å². The third-order valence-corrected chi connectivity index (χ3v) is 6.92. The van der Waals surface area contributed by atoms with Gasteiger partial charge >= 0.3 is 0 Å². The predicted octanol–water partition coefficient (Wildman–Crippen LogP) is 5.67. The van der Waals surface area contributed by atoms with Crippen LogP contribution in [0.3, 0.4) is 0 Å². The molecule has 1 fully saturated rings. The summed E-state index contributed by atoms with van der Waals surface area (Å²) in [6, 6.07) is 12.7. The number of Topliss-reactive ketones (excluding diaryl/α,β-unsaturated/α-hetero) is 1. The number of aliphatic hydroxyl groups excluding tert-OH is 1. The number of likely N-dealkylation sites (N-methyl/N-ethyl adjacent to an activating group) is 1. The van der Waals surface area contributed by atoms with Crippen molar-refractivity contribution in [2.75, 3.05) is 32.8 Å². The molecule has 0 aliphatic carbocycles. The first kappa shape index (κ1) is 27.5. The fourth-order valence-electron chi connectivity index (χ4n) is 4.64. The van der Waals surface area contributed by atoms with Crippen molar-refractivity contribution >= 4 is 17.4 Å². The molecule has 0 radical (unpaired) electrons. The normalized spacial score (nSPS) is 17.4. The van der Waals surface area contributed by atoms with Gasteiger partial charge in [0.05, 0.1) is 18.2 Å². The Kier molecular flexibility index (Phi) is 9.32. The highest BCUT2D eigenvalue weighted by Gasteiger charge is 2.46. The molecule has 194 valence electrons. The van der Waals surface area contributed by atoms with Gasteiger partial charge in [-0.15, -0.1) is 0 Å². The van der Waals surface area contributed by atoms with Crippen LogP contribution < -0.4 is 4.74 Å². The highest BCUT2D eigenvalue weighted by Crippen LogP contribution is 2.40. The lowest BCUT2D eigenvalue weighted by Gasteiger charge is -2.28. The molecule has 1 heterocycles. The lowest BCUT2D eigenvalue weighted by atomic mass is 9.93. The maximum Gasteiger partial charge on any atom is 0.295 e. The van der Waals surface area contributed by atoms with Crippen LogP contribution in [-0.2, 0) is 9.59 Å². The van der Waals surface area contributed by atoms with Gasteiger partial charge in [0.2, 0.25) is 0 Å². The number of aliphatic hydroxyl groups is 1. The van der Waals surface area contributed by atoms with Crippen LogP contribution in [0.1, 0.15) is 75.3 Å². The fourth-order valence-corrected chi connectivity index (χ4v) is 4.64. The number of hydrogen-bond acceptors (Lipinski definition) is 5. The molecule has 2 aromatic rings. The van der Waals surface area contributed by atoms with Crippen molar-refractivity contribution in [2.24, 2.45) is 0 Å². The van der Waals surface area contributed by atoms with E-state index in [0.717, 1.165) is 36.4 Å². The molecule has 1 N–H and O–H groups in total. The van der Waals surface area contributed by atoms with Gasteiger partial charge in [-0.05, 0) is 67.2 Å². The van der Waals surface area contributed by atoms with E-state index in [4.69, 9.17) is 4.74 Å². The topological polar surface area (TPSA) is 70.1 Å². The molecule has 2 aromatic carbocycles. The molecule has 1 unspecified atom stereocenters. The Balaban J connectivity index is 2.08. The summed E-state index contributed by atoms with van der Waals surface area (Å²) in [6.07, 6.45) is 0.897. The Hall–Kier alpha value is -3.12. The number of amides is 1. The summed E-state index contributed by atoms with van der Waals surface area (Å²) < 4.78 is 5.77. The minimum absolute atomic E-state index is 0.137. The van der Waals surface area contributed by atoms with Crippen molar-refractivity contribution in [1.82, 2.24) is 9.80 Å². The van der Waals surface area contributed by atoms with Crippen LogP contribution in [0.15, 0.2) is 48.0 Å². The summed E-state index contributed by atoms with van der Waals surface area (Å²) in [4.78, 5) is 30.4. The minimum atomic E-state index is -0.644. The zero-order valence-corrected chi connectivity index (χ0v) is 22.5. The maximum absolute atomic E-state index is 13.3. The Morgan fingerprint density at radius 3 is 2.28 bits per heavy atom. The van der Waals surface area contributed by atoms with Crippen LogP contribution in [0, 0.1) is 6.92 Å². The number of ketones is 1. The van der Waals surface area contributed by atoms with E-state index in [-0.39, 0.29) is 11.3 Å². The van der Waals surface area contributed by atoms with Gasteiger partial charge in [-0.3, -0.25) is 9.59 Å². The molecule has 0 aromatic heterocycles. The van der Waals surface area contributed by atoms with Crippen LogP contribution in [0.4, 0.5) is 0 Å². The average Bonchev–Trinajstić information content (AvgIpc) is 3.13. The van der Waals surface area contributed by atoms with Gasteiger partial charge in [-0.2, -0.15) is 0 Å². The summed E-state index contributed by atoms with van der Waals surface area (Å²) in [6.45, 7) is 15.8. The van der Waals surface area contributed by atoms with Gasteiger partial charge in [0.1, 0.15) is 11.5 Å². The van der Waals surface area contributed by atoms with Crippen molar-refractivity contribution in [2.45, 2.75) is 59.9 Å². The van der Waals surface area contributed by atoms with E-state index >= 15 is 0 Å². The monoisotopic (exact) mass is 492 g/mol. The molecule has 1 saturated heterocycles. The number of rotatable bonds is 11. The third kappa shape index (κ3) is 5.81. The highest BCUT2D eigenvalue weighted by molar-refractivity contribution is 6.46. The molecular formula is C30H40N2O4. The summed E-state index contributed by atoms with van der Waals surface area (Å²) in [5, 5.41) is 11.4. The standard InChI is InChI=1S/C30H40N2O4/c1-7-18-36-25-15-14-24(19-21(25)6)28(33)26-27(23-12-10-22(11-13-23)20(4)5)32(30(35)29(26)34)17-16-31(8-2)9-3/h10-15,19-20,27,33H,7-9,16-18H2,1-6H3. The molecule has 0 spiro atoms. The average molecular weight is 493 g/mol. The van der Waals surface area contributed by atoms with Gasteiger partial charge in [-0.25, -0.2) is 0 Å². The van der Waals surface area contributed by atoms with E-state index in [9.17, 15) is 14.7 Å². The van der Waals surface area contributed by atoms with Crippen molar-refractivity contribution in [1.29, 1.82) is 0 Å². The predicted molar refractivity (Wildman–Crippen MR) is 144 cm³/mol. The highest BCUT2D eigenvalue weighted by atomic mass is 16.5. The summed E-state index contributed by atoms with van der Waals surface area (Å²) in [5.74, 6) is -0.254. The van der Waals surface area contributed by atoms with Crippen molar-refractivity contribution < 1.29 is 19.4 Å². The number of ether oxygens (including phenoxy) is 1. The second-order valence-corrected chi connectivity index (χ2v) is 9.67. The molecule has 0 bridgehead atoms. The number of hydrogen-bond donors (Lipinski definition) is 1. The fraction of sp³-hybridized carbons (Fsp3) is 0.467. The summed E-state index contributed by atoms with van der Waals surface area (Å²) in [7, 11) is 0. The molecule has 1 amide bonds. The van der Waals surface area contributed by atoms with Crippen LogP contribution in [0.5, 0.6) is 5.75 Å². The molecule has 3 rings (SSSR count). The first-order valence-electron chi connectivity index (χ1n) is 13.1. The van der Waals surface area contributed by atoms with E-state index in [1.54, 1.807) is 11.0 Å². The Morgan fingerprint density at radius 1 is 1.06 bits per heavy atom. The van der Waals surface area contributed by atoms with Gasteiger partial charge in [-0.1, -0.05) is 58.9 Å². The number of nitrogens with zero attached hydrogens (tertiary/aromatic N) is 2. The van der Waals surface area contributed by atoms with Crippen LogP contribution in [0.2, 0.25) is 0 Å². The number of likely N-dealkylation sites (tertiary alicyclic amines) is 1. The summed E-state index contributed by atoms with van der Waals surface area (Å²) in [5.41, 5.74) is 3.50. The third-order valence-electron chi connectivity index (χ3n) is 6.92. The first-order chi connectivity index (χ1) is 17.2. The maximum atomic E-state index is 13.3. The lowest BCUT2D eigenvalue weighted by Crippen LogP contribution is -2.38. The molecule has 0 saturated carbocycles. The smallest absolute Gasteiger partial charge is 0.295 e. The van der Waals surface area contributed by atoms with Crippen molar-refractivity contribution in [3.05, 3.63) is 70.3 Å². The zero-order chi connectivity index (χ0) is 26.4. The SMILES string of the molecule is CCCOc1ccc(C(O)=C2C(=O)C(=O)N(CCN(CC)CC)C2c2ccc(C(C)C)cc2)cc1C. The molecule has 1 aliphatic heterocycles. The lowest BCUT2D eigenvalue weighted by molar-refractivity contribution is -0.140. The van der Waals surface area contributed by atoms with Gasteiger partial charge in [0.25, 0.3) is 11.7 Å².